The summed E-state index contributed by atoms with van der Waals surface area (Å²) < 4.78 is 0. The molecule has 2 aliphatic rings. The summed E-state index contributed by atoms with van der Waals surface area (Å²) in [6, 6.07) is 11.5. The Kier molecular flexibility index (Phi) is 6.99. The Labute approximate surface area is 212 Å². The number of carbonyl (C=O) groups excluding carboxylic acids is 3. The van der Waals surface area contributed by atoms with E-state index in [1.165, 1.54) is 11.3 Å². The highest BCUT2D eigenvalue weighted by atomic mass is 32.1. The molecule has 1 atom stereocenters. The standard InChI is InChI=1S/C25H29N7O3S/c26-22(33)18-7-4-10-32(14-18)24(34)20-15-36-23(27-20)17-8-11-31(12-9-17)25(35)28-21-13-19(29-30-21)16-5-2-1-3-6-16/h1-3,5-6,13,15,17-18H,4,7-12,14H2,(H2,26,33)(H2,28,29,30,35). The van der Waals surface area contributed by atoms with E-state index in [9.17, 15) is 14.4 Å². The number of hydrogen-bond acceptors (Lipinski definition) is 6. The SMILES string of the molecule is NC(=O)C1CCCN(C(=O)c2csc(C3CCN(C(=O)Nc4cc(-c5ccccc5)[nH]n4)CC3)n2)C1. The highest BCUT2D eigenvalue weighted by molar-refractivity contribution is 7.09. The van der Waals surface area contributed by atoms with E-state index in [0.717, 1.165) is 41.9 Å². The van der Waals surface area contributed by atoms with Crippen molar-refractivity contribution in [1.82, 2.24) is 25.0 Å². The van der Waals surface area contributed by atoms with Crippen molar-refractivity contribution in [1.29, 1.82) is 0 Å². The Bertz CT molecular complexity index is 1230. The summed E-state index contributed by atoms with van der Waals surface area (Å²) in [6.07, 6.45) is 3.04. The lowest BCUT2D eigenvalue weighted by Gasteiger charge is -2.31. The van der Waals surface area contributed by atoms with E-state index >= 15 is 0 Å². The number of H-pyrrole nitrogens is 1. The third-order valence-corrected chi connectivity index (χ3v) is 7.89. The van der Waals surface area contributed by atoms with Crippen LogP contribution in [0.4, 0.5) is 10.6 Å². The van der Waals surface area contributed by atoms with Crippen LogP contribution in [-0.4, -0.2) is 69.0 Å². The molecule has 0 aliphatic carbocycles. The Balaban J connectivity index is 1.13. The molecule has 10 nitrogen and oxygen atoms in total. The molecule has 0 spiro atoms. The molecule has 0 saturated carbocycles. The van der Waals surface area contributed by atoms with Gasteiger partial charge in [0.05, 0.1) is 16.6 Å². The average molecular weight is 508 g/mol. The van der Waals surface area contributed by atoms with Crippen molar-refractivity contribution in [3.05, 3.63) is 52.5 Å². The van der Waals surface area contributed by atoms with Gasteiger partial charge in [0.25, 0.3) is 5.91 Å². The smallest absolute Gasteiger partial charge is 0.323 e. The second-order valence-electron chi connectivity index (χ2n) is 9.29. The number of nitrogens with two attached hydrogens (primary N) is 1. The van der Waals surface area contributed by atoms with E-state index < -0.39 is 0 Å². The topological polar surface area (TPSA) is 137 Å². The van der Waals surface area contributed by atoms with Crippen LogP contribution in [0.2, 0.25) is 0 Å². The molecule has 36 heavy (non-hydrogen) atoms. The summed E-state index contributed by atoms with van der Waals surface area (Å²) in [6.45, 7) is 2.17. The van der Waals surface area contributed by atoms with Gasteiger partial charge in [0, 0.05) is 43.5 Å². The Morgan fingerprint density at radius 1 is 1.06 bits per heavy atom. The van der Waals surface area contributed by atoms with Gasteiger partial charge >= 0.3 is 6.03 Å². The molecular formula is C25H29N7O3S. The lowest BCUT2D eigenvalue weighted by atomic mass is 9.97. The van der Waals surface area contributed by atoms with Crippen molar-refractivity contribution >= 4 is 35.0 Å². The summed E-state index contributed by atoms with van der Waals surface area (Å²) in [4.78, 5) is 45.3. The number of carbonyl (C=O) groups is 3. The summed E-state index contributed by atoms with van der Waals surface area (Å²) >= 11 is 1.48. The molecule has 2 aliphatic heterocycles. The van der Waals surface area contributed by atoms with E-state index in [-0.39, 0.29) is 29.7 Å². The summed E-state index contributed by atoms with van der Waals surface area (Å²) in [5.74, 6) is -0.0984. The van der Waals surface area contributed by atoms with Gasteiger partial charge < -0.3 is 15.5 Å². The molecule has 0 bridgehead atoms. The minimum absolute atomic E-state index is 0.144. The number of likely N-dealkylation sites (tertiary alicyclic amines) is 2. The first-order chi connectivity index (χ1) is 17.5. The quantitative estimate of drug-likeness (QED) is 0.487. The number of nitrogens with one attached hydrogen (secondary N) is 2. The van der Waals surface area contributed by atoms with Gasteiger partial charge in [-0.15, -0.1) is 11.3 Å². The van der Waals surface area contributed by atoms with Gasteiger partial charge in [0.2, 0.25) is 5.91 Å². The first-order valence-electron chi connectivity index (χ1n) is 12.2. The minimum atomic E-state index is -0.355. The van der Waals surface area contributed by atoms with Gasteiger partial charge in [-0.1, -0.05) is 30.3 Å². The van der Waals surface area contributed by atoms with E-state index in [1.807, 2.05) is 36.4 Å². The lowest BCUT2D eigenvalue weighted by Crippen LogP contribution is -2.44. The number of nitrogens with zero attached hydrogens (tertiary/aromatic N) is 4. The normalized spacial score (nSPS) is 18.7. The van der Waals surface area contributed by atoms with Crippen LogP contribution in [0, 0.1) is 5.92 Å². The second kappa shape index (κ2) is 10.5. The fourth-order valence-electron chi connectivity index (χ4n) is 4.80. The van der Waals surface area contributed by atoms with Crippen molar-refractivity contribution in [3.8, 4) is 11.3 Å². The maximum Gasteiger partial charge on any atom is 0.323 e. The number of benzene rings is 1. The predicted octanol–water partition coefficient (Wildman–Crippen LogP) is 3.28. The van der Waals surface area contributed by atoms with Crippen molar-refractivity contribution in [2.75, 3.05) is 31.5 Å². The van der Waals surface area contributed by atoms with Gasteiger partial charge in [-0.05, 0) is 31.2 Å². The van der Waals surface area contributed by atoms with E-state index in [0.29, 0.717) is 37.7 Å². The zero-order valence-corrected chi connectivity index (χ0v) is 20.7. The van der Waals surface area contributed by atoms with Crippen molar-refractivity contribution in [3.63, 3.8) is 0 Å². The number of aromatic amines is 1. The molecule has 4 amide bonds. The van der Waals surface area contributed by atoms with Gasteiger partial charge in [0.15, 0.2) is 5.82 Å². The fourth-order valence-corrected chi connectivity index (χ4v) is 5.76. The molecule has 11 heteroatoms. The largest absolute Gasteiger partial charge is 0.369 e. The van der Waals surface area contributed by atoms with Gasteiger partial charge in [0.1, 0.15) is 5.69 Å². The van der Waals surface area contributed by atoms with Crippen molar-refractivity contribution in [2.45, 2.75) is 31.6 Å². The predicted molar refractivity (Wildman–Crippen MR) is 137 cm³/mol. The molecule has 2 fully saturated rings. The number of hydrogen-bond donors (Lipinski definition) is 3. The first kappa shape index (κ1) is 24.0. The zero-order valence-electron chi connectivity index (χ0n) is 19.9. The Morgan fingerprint density at radius 2 is 1.83 bits per heavy atom. The number of amides is 4. The second-order valence-corrected chi connectivity index (χ2v) is 10.2. The maximum atomic E-state index is 12.9. The summed E-state index contributed by atoms with van der Waals surface area (Å²) in [5.41, 5.74) is 7.71. The molecular weight excluding hydrogens is 478 g/mol. The van der Waals surface area contributed by atoms with E-state index in [1.54, 1.807) is 15.2 Å². The molecule has 4 heterocycles. The first-order valence-corrected chi connectivity index (χ1v) is 13.1. The molecule has 1 aromatic carbocycles. The third-order valence-electron chi connectivity index (χ3n) is 6.88. The van der Waals surface area contributed by atoms with Crippen molar-refractivity contribution in [2.24, 2.45) is 11.7 Å². The van der Waals surface area contributed by atoms with Gasteiger partial charge in [-0.3, -0.25) is 20.0 Å². The molecule has 0 radical (unpaired) electrons. The highest BCUT2D eigenvalue weighted by Crippen LogP contribution is 2.31. The maximum absolute atomic E-state index is 12.9. The fraction of sp³-hybridized carbons (Fsp3) is 0.400. The van der Waals surface area contributed by atoms with Crippen LogP contribution in [0.5, 0.6) is 0 Å². The van der Waals surface area contributed by atoms with Crippen LogP contribution < -0.4 is 11.1 Å². The number of primary amides is 1. The number of aromatic nitrogens is 3. The van der Waals surface area contributed by atoms with Gasteiger partial charge in [-0.2, -0.15) is 5.10 Å². The number of piperidine rings is 2. The van der Waals surface area contributed by atoms with E-state index in [4.69, 9.17) is 5.73 Å². The molecule has 188 valence electrons. The number of anilines is 1. The molecule has 4 N–H and O–H groups in total. The summed E-state index contributed by atoms with van der Waals surface area (Å²) in [5, 5.41) is 12.8. The molecule has 5 rings (SSSR count). The van der Waals surface area contributed by atoms with Crippen LogP contribution in [0.15, 0.2) is 41.8 Å². The summed E-state index contributed by atoms with van der Waals surface area (Å²) in [7, 11) is 0. The molecule has 3 aromatic rings. The number of urea groups is 1. The van der Waals surface area contributed by atoms with E-state index in [2.05, 4.69) is 20.5 Å². The Morgan fingerprint density at radius 3 is 2.58 bits per heavy atom. The molecule has 2 aromatic heterocycles. The van der Waals surface area contributed by atoms with Crippen LogP contribution in [0.1, 0.15) is 47.1 Å². The molecule has 1 unspecified atom stereocenters. The number of thiazole rings is 1. The van der Waals surface area contributed by atoms with Crippen LogP contribution in [0.3, 0.4) is 0 Å². The highest BCUT2D eigenvalue weighted by Gasteiger charge is 2.30. The zero-order chi connectivity index (χ0) is 25.1. The van der Waals surface area contributed by atoms with Crippen LogP contribution in [-0.2, 0) is 4.79 Å². The molecule has 2 saturated heterocycles. The van der Waals surface area contributed by atoms with Crippen LogP contribution in [0.25, 0.3) is 11.3 Å². The minimum Gasteiger partial charge on any atom is -0.369 e. The van der Waals surface area contributed by atoms with Crippen molar-refractivity contribution < 1.29 is 14.4 Å². The Hall–Kier alpha value is -3.73. The van der Waals surface area contributed by atoms with Gasteiger partial charge in [-0.25, -0.2) is 9.78 Å². The number of rotatable bonds is 5. The monoisotopic (exact) mass is 507 g/mol. The lowest BCUT2D eigenvalue weighted by molar-refractivity contribution is -0.123. The third kappa shape index (κ3) is 5.25. The average Bonchev–Trinajstić information content (AvgIpc) is 3.59. The van der Waals surface area contributed by atoms with Crippen LogP contribution >= 0.6 is 11.3 Å².